The first kappa shape index (κ1) is 15.2. The zero-order valence-electron chi connectivity index (χ0n) is 13.0. The van der Waals surface area contributed by atoms with Crippen molar-refractivity contribution in [2.75, 3.05) is 18.5 Å². The van der Waals surface area contributed by atoms with Crippen LogP contribution in [-0.4, -0.2) is 23.1 Å². The molecular formula is C16H27N3O. The number of ether oxygens (including phenoxy) is 1. The molecule has 1 aliphatic rings. The molecule has 2 rings (SSSR count). The summed E-state index contributed by atoms with van der Waals surface area (Å²) >= 11 is 0. The average molecular weight is 277 g/mol. The van der Waals surface area contributed by atoms with Crippen LogP contribution >= 0.6 is 0 Å². The third-order valence-electron chi connectivity index (χ3n) is 4.00. The highest BCUT2D eigenvalue weighted by Crippen LogP contribution is 2.41. The molecule has 1 saturated carbocycles. The van der Waals surface area contributed by atoms with Crippen molar-refractivity contribution in [3.05, 3.63) is 18.1 Å². The normalized spacial score (nSPS) is 26.4. The smallest absolute Gasteiger partial charge is 0.162 e. The zero-order valence-corrected chi connectivity index (χ0v) is 13.0. The highest BCUT2D eigenvalue weighted by atomic mass is 16.5. The molecule has 2 unspecified atom stereocenters. The van der Waals surface area contributed by atoms with Gasteiger partial charge in [-0.15, -0.1) is 0 Å². The molecule has 4 heteroatoms. The fraction of sp³-hybridized carbons (Fsp3) is 0.750. The van der Waals surface area contributed by atoms with E-state index in [4.69, 9.17) is 9.72 Å². The molecule has 0 spiro atoms. The fourth-order valence-corrected chi connectivity index (χ4v) is 3.11. The molecule has 0 saturated heterocycles. The Morgan fingerprint density at radius 2 is 2.30 bits per heavy atom. The molecule has 1 heterocycles. The van der Waals surface area contributed by atoms with E-state index in [1.165, 1.54) is 12.8 Å². The summed E-state index contributed by atoms with van der Waals surface area (Å²) in [6, 6.07) is 1.94. The number of nitrogens with zero attached hydrogens (tertiary/aromatic N) is 2. The predicted molar refractivity (Wildman–Crippen MR) is 81.7 cm³/mol. The van der Waals surface area contributed by atoms with Gasteiger partial charge in [-0.2, -0.15) is 0 Å². The van der Waals surface area contributed by atoms with E-state index in [1.54, 1.807) is 0 Å². The van der Waals surface area contributed by atoms with Crippen LogP contribution in [0.15, 0.2) is 12.3 Å². The Bertz CT molecular complexity index is 420. The van der Waals surface area contributed by atoms with E-state index >= 15 is 0 Å². The minimum absolute atomic E-state index is 0.281. The highest BCUT2D eigenvalue weighted by molar-refractivity contribution is 5.33. The Morgan fingerprint density at radius 3 is 3.00 bits per heavy atom. The molecule has 1 N–H and O–H groups in total. The van der Waals surface area contributed by atoms with Crippen molar-refractivity contribution in [3.63, 3.8) is 0 Å². The van der Waals surface area contributed by atoms with Crippen molar-refractivity contribution in [2.24, 2.45) is 5.92 Å². The molecule has 4 nitrogen and oxygen atoms in total. The Labute approximate surface area is 122 Å². The molecule has 0 aromatic carbocycles. The van der Waals surface area contributed by atoms with Crippen LogP contribution in [0, 0.1) is 5.92 Å². The van der Waals surface area contributed by atoms with Gasteiger partial charge in [-0.3, -0.25) is 0 Å². The maximum absolute atomic E-state index is 6.13. The maximum atomic E-state index is 6.13. The molecule has 0 radical (unpaired) electrons. The Hall–Kier alpha value is -1.16. The van der Waals surface area contributed by atoms with Gasteiger partial charge in [-0.05, 0) is 44.6 Å². The van der Waals surface area contributed by atoms with Crippen molar-refractivity contribution >= 4 is 5.82 Å². The van der Waals surface area contributed by atoms with E-state index in [-0.39, 0.29) is 5.60 Å². The number of anilines is 1. The maximum Gasteiger partial charge on any atom is 0.162 e. The molecule has 0 bridgehead atoms. The number of hydrogen-bond donors (Lipinski definition) is 1. The Balaban J connectivity index is 2.24. The number of rotatable bonds is 6. The van der Waals surface area contributed by atoms with Crippen molar-refractivity contribution in [1.82, 2.24) is 9.97 Å². The third-order valence-corrected chi connectivity index (χ3v) is 4.00. The number of aromatic nitrogens is 2. The summed E-state index contributed by atoms with van der Waals surface area (Å²) in [5, 5.41) is 3.34. The first-order chi connectivity index (χ1) is 9.70. The fourth-order valence-electron chi connectivity index (χ4n) is 3.11. The quantitative estimate of drug-likeness (QED) is 0.860. The van der Waals surface area contributed by atoms with Gasteiger partial charge in [0, 0.05) is 19.3 Å². The van der Waals surface area contributed by atoms with E-state index in [0.29, 0.717) is 12.5 Å². The summed E-state index contributed by atoms with van der Waals surface area (Å²) in [6.07, 6.45) is 7.47. The van der Waals surface area contributed by atoms with Crippen LogP contribution in [0.4, 0.5) is 5.82 Å². The van der Waals surface area contributed by atoms with Gasteiger partial charge in [-0.1, -0.05) is 20.3 Å². The Morgan fingerprint density at radius 1 is 1.45 bits per heavy atom. The summed E-state index contributed by atoms with van der Waals surface area (Å²) in [5.74, 6) is 2.44. The third kappa shape index (κ3) is 3.48. The van der Waals surface area contributed by atoms with Crippen molar-refractivity contribution < 1.29 is 4.74 Å². The van der Waals surface area contributed by atoms with Gasteiger partial charge in [0.05, 0.1) is 0 Å². The summed E-state index contributed by atoms with van der Waals surface area (Å²) in [7, 11) is 0. The highest BCUT2D eigenvalue weighted by Gasteiger charge is 2.40. The van der Waals surface area contributed by atoms with Gasteiger partial charge in [0.1, 0.15) is 11.4 Å². The number of hydrogen-bond acceptors (Lipinski definition) is 4. The monoisotopic (exact) mass is 277 g/mol. The second kappa shape index (κ2) is 7.02. The molecular weight excluding hydrogens is 250 g/mol. The molecule has 112 valence electrons. The average Bonchev–Trinajstić information content (AvgIpc) is 2.46. The zero-order chi connectivity index (χ0) is 14.4. The SMILES string of the molecule is CCCNc1ccnc(C2(OCC)CCCC(C)C2)n1. The van der Waals surface area contributed by atoms with E-state index in [1.807, 2.05) is 12.3 Å². The van der Waals surface area contributed by atoms with Crippen LogP contribution in [0.5, 0.6) is 0 Å². The standard InChI is InChI=1S/C16H27N3O/c1-4-10-17-14-8-11-18-15(19-14)16(20-5-2)9-6-7-13(3)12-16/h8,11,13H,4-7,9-10,12H2,1-3H3,(H,17,18,19). The van der Waals surface area contributed by atoms with Gasteiger partial charge >= 0.3 is 0 Å². The molecule has 0 amide bonds. The molecule has 1 aromatic heterocycles. The molecule has 1 fully saturated rings. The lowest BCUT2D eigenvalue weighted by atomic mass is 9.78. The van der Waals surface area contributed by atoms with Gasteiger partial charge in [0.25, 0.3) is 0 Å². The van der Waals surface area contributed by atoms with E-state index in [2.05, 4.69) is 31.1 Å². The second-order valence-electron chi connectivity index (χ2n) is 5.82. The molecule has 1 aliphatic carbocycles. The largest absolute Gasteiger partial charge is 0.370 e. The summed E-state index contributed by atoms with van der Waals surface area (Å²) in [4.78, 5) is 9.23. The van der Waals surface area contributed by atoms with Crippen LogP contribution < -0.4 is 5.32 Å². The van der Waals surface area contributed by atoms with Crippen LogP contribution in [0.1, 0.15) is 58.7 Å². The summed E-state index contributed by atoms with van der Waals surface area (Å²) < 4.78 is 6.13. The Kier molecular flexibility index (Phi) is 5.35. The lowest BCUT2D eigenvalue weighted by Crippen LogP contribution is -2.37. The van der Waals surface area contributed by atoms with Gasteiger partial charge in [0.15, 0.2) is 5.82 Å². The first-order valence-electron chi connectivity index (χ1n) is 7.91. The second-order valence-corrected chi connectivity index (χ2v) is 5.82. The lowest BCUT2D eigenvalue weighted by Gasteiger charge is -2.38. The van der Waals surface area contributed by atoms with Crippen LogP contribution in [0.25, 0.3) is 0 Å². The topological polar surface area (TPSA) is 47.0 Å². The number of nitrogens with one attached hydrogen (secondary N) is 1. The van der Waals surface area contributed by atoms with E-state index in [9.17, 15) is 0 Å². The molecule has 0 aliphatic heterocycles. The van der Waals surface area contributed by atoms with Crippen molar-refractivity contribution in [1.29, 1.82) is 0 Å². The molecule has 2 atom stereocenters. The minimum Gasteiger partial charge on any atom is -0.370 e. The minimum atomic E-state index is -0.281. The van der Waals surface area contributed by atoms with Crippen molar-refractivity contribution in [2.45, 2.75) is 58.5 Å². The lowest BCUT2D eigenvalue weighted by molar-refractivity contribution is -0.0880. The molecule has 20 heavy (non-hydrogen) atoms. The van der Waals surface area contributed by atoms with E-state index < -0.39 is 0 Å². The predicted octanol–water partition coefficient (Wildman–Crippen LogP) is 3.74. The van der Waals surface area contributed by atoms with Crippen LogP contribution in [0.2, 0.25) is 0 Å². The van der Waals surface area contributed by atoms with Crippen LogP contribution in [0.3, 0.4) is 0 Å². The summed E-state index contributed by atoms with van der Waals surface area (Å²) in [6.45, 7) is 8.16. The van der Waals surface area contributed by atoms with Crippen molar-refractivity contribution in [3.8, 4) is 0 Å². The van der Waals surface area contributed by atoms with Gasteiger partial charge in [-0.25, -0.2) is 9.97 Å². The van der Waals surface area contributed by atoms with Gasteiger partial charge in [0.2, 0.25) is 0 Å². The summed E-state index contributed by atoms with van der Waals surface area (Å²) in [5.41, 5.74) is -0.281. The van der Waals surface area contributed by atoms with E-state index in [0.717, 1.165) is 37.4 Å². The molecule has 1 aromatic rings. The first-order valence-corrected chi connectivity index (χ1v) is 7.91. The van der Waals surface area contributed by atoms with Crippen LogP contribution in [-0.2, 0) is 10.3 Å². The van der Waals surface area contributed by atoms with Gasteiger partial charge < -0.3 is 10.1 Å².